The second-order valence-corrected chi connectivity index (χ2v) is 4.74. The summed E-state index contributed by atoms with van der Waals surface area (Å²) in [5.41, 5.74) is 7.70. The van der Waals surface area contributed by atoms with Gasteiger partial charge in [0.25, 0.3) is 0 Å². The average Bonchev–Trinajstić information content (AvgIpc) is 2.34. The van der Waals surface area contributed by atoms with E-state index < -0.39 is 0 Å². The van der Waals surface area contributed by atoms with Crippen molar-refractivity contribution in [3.05, 3.63) is 35.4 Å². The highest BCUT2D eigenvalue weighted by Crippen LogP contribution is 2.22. The molecule has 0 aromatic heterocycles. The van der Waals surface area contributed by atoms with Gasteiger partial charge in [-0.2, -0.15) is 0 Å². The van der Waals surface area contributed by atoms with E-state index in [9.17, 15) is 4.79 Å². The molecule has 4 nitrogen and oxygen atoms in total. The van der Waals surface area contributed by atoms with Crippen molar-refractivity contribution in [2.24, 2.45) is 5.73 Å². The van der Waals surface area contributed by atoms with Gasteiger partial charge >= 0.3 is 0 Å². The fraction of sp³-hybridized carbons (Fsp3) is 0.500. The molecule has 18 heavy (non-hydrogen) atoms. The molecule has 0 unspecified atom stereocenters. The van der Waals surface area contributed by atoms with Gasteiger partial charge < -0.3 is 15.8 Å². The van der Waals surface area contributed by atoms with Crippen LogP contribution in [0.4, 0.5) is 0 Å². The molecule has 0 spiro atoms. The number of carbonyl (C=O) groups excluding carboxylic acids is 1. The van der Waals surface area contributed by atoms with Gasteiger partial charge in [-0.25, -0.2) is 0 Å². The number of hydrogen-bond donors (Lipinski definition) is 2. The predicted molar refractivity (Wildman–Crippen MR) is 70.0 cm³/mol. The normalized spacial score (nSPS) is 22.3. The molecule has 0 aliphatic heterocycles. The van der Waals surface area contributed by atoms with Crippen LogP contribution in [-0.4, -0.2) is 25.2 Å². The number of ether oxygens (including phenoxy) is 1. The topological polar surface area (TPSA) is 64.3 Å². The molecular formula is C14H20N2O2. The Balaban J connectivity index is 1.84. The van der Waals surface area contributed by atoms with E-state index in [2.05, 4.69) is 5.32 Å². The number of rotatable bonds is 5. The third kappa shape index (κ3) is 3.09. The zero-order valence-electron chi connectivity index (χ0n) is 10.7. The SMILES string of the molecule is COC1CC(NC(=O)Cc2ccccc2CN)C1. The summed E-state index contributed by atoms with van der Waals surface area (Å²) in [6.07, 6.45) is 2.55. The first-order valence-electron chi connectivity index (χ1n) is 6.32. The highest BCUT2D eigenvalue weighted by atomic mass is 16.5. The smallest absolute Gasteiger partial charge is 0.224 e. The standard InChI is InChI=1S/C14H20N2O2/c1-18-13-7-12(8-13)16-14(17)6-10-4-2-3-5-11(10)9-15/h2-5,12-13H,6-9,15H2,1H3,(H,16,17). The summed E-state index contributed by atoms with van der Waals surface area (Å²) < 4.78 is 5.18. The monoisotopic (exact) mass is 248 g/mol. The number of benzene rings is 1. The van der Waals surface area contributed by atoms with Crippen LogP contribution in [0.3, 0.4) is 0 Å². The van der Waals surface area contributed by atoms with E-state index in [0.717, 1.165) is 24.0 Å². The molecule has 1 aliphatic carbocycles. The van der Waals surface area contributed by atoms with Gasteiger partial charge in [0, 0.05) is 19.7 Å². The van der Waals surface area contributed by atoms with Crippen molar-refractivity contribution >= 4 is 5.91 Å². The second kappa shape index (κ2) is 5.98. The molecule has 1 amide bonds. The molecule has 1 aromatic rings. The van der Waals surface area contributed by atoms with Gasteiger partial charge in [-0.15, -0.1) is 0 Å². The Labute approximate surface area is 108 Å². The van der Waals surface area contributed by atoms with E-state index in [1.54, 1.807) is 7.11 Å². The van der Waals surface area contributed by atoms with Gasteiger partial charge in [-0.3, -0.25) is 4.79 Å². The molecule has 0 saturated heterocycles. The fourth-order valence-electron chi connectivity index (χ4n) is 2.26. The summed E-state index contributed by atoms with van der Waals surface area (Å²) in [5, 5.41) is 3.02. The molecule has 0 radical (unpaired) electrons. The van der Waals surface area contributed by atoms with Crippen molar-refractivity contribution in [1.29, 1.82) is 0 Å². The minimum atomic E-state index is 0.0652. The van der Waals surface area contributed by atoms with Crippen molar-refractivity contribution in [2.75, 3.05) is 7.11 Å². The summed E-state index contributed by atoms with van der Waals surface area (Å²) in [7, 11) is 1.71. The number of methoxy groups -OCH3 is 1. The maximum atomic E-state index is 11.9. The van der Waals surface area contributed by atoms with Crippen LogP contribution in [0.2, 0.25) is 0 Å². The van der Waals surface area contributed by atoms with E-state index in [0.29, 0.717) is 19.1 Å². The first-order chi connectivity index (χ1) is 8.72. The van der Waals surface area contributed by atoms with Gasteiger partial charge in [0.1, 0.15) is 0 Å². The van der Waals surface area contributed by atoms with Gasteiger partial charge in [0.05, 0.1) is 12.5 Å². The lowest BCUT2D eigenvalue weighted by molar-refractivity contribution is -0.122. The van der Waals surface area contributed by atoms with Crippen LogP contribution in [0, 0.1) is 0 Å². The van der Waals surface area contributed by atoms with Crippen LogP contribution in [0.15, 0.2) is 24.3 Å². The Morgan fingerprint density at radius 2 is 2.06 bits per heavy atom. The fourth-order valence-corrected chi connectivity index (χ4v) is 2.26. The number of carbonyl (C=O) groups is 1. The predicted octanol–water partition coefficient (Wildman–Crippen LogP) is 0.981. The lowest BCUT2D eigenvalue weighted by Crippen LogP contribution is -2.47. The van der Waals surface area contributed by atoms with Crippen molar-refractivity contribution in [3.8, 4) is 0 Å². The largest absolute Gasteiger partial charge is 0.381 e. The molecule has 1 aromatic carbocycles. The van der Waals surface area contributed by atoms with E-state index in [4.69, 9.17) is 10.5 Å². The highest BCUT2D eigenvalue weighted by Gasteiger charge is 2.29. The van der Waals surface area contributed by atoms with Crippen LogP contribution in [0.5, 0.6) is 0 Å². The number of amides is 1. The Bertz CT molecular complexity index is 414. The maximum absolute atomic E-state index is 11.9. The van der Waals surface area contributed by atoms with Gasteiger partial charge in [0.2, 0.25) is 5.91 Å². The summed E-state index contributed by atoms with van der Waals surface area (Å²) in [6, 6.07) is 8.07. The third-order valence-electron chi connectivity index (χ3n) is 3.48. The van der Waals surface area contributed by atoms with Crippen molar-refractivity contribution in [2.45, 2.75) is 38.0 Å². The molecule has 0 heterocycles. The molecule has 1 aliphatic rings. The van der Waals surface area contributed by atoms with Crippen molar-refractivity contribution < 1.29 is 9.53 Å². The molecule has 1 saturated carbocycles. The van der Waals surface area contributed by atoms with Gasteiger partial charge in [-0.05, 0) is 24.0 Å². The highest BCUT2D eigenvalue weighted by molar-refractivity contribution is 5.79. The molecule has 1 fully saturated rings. The summed E-state index contributed by atoms with van der Waals surface area (Å²) >= 11 is 0. The Morgan fingerprint density at radius 1 is 1.39 bits per heavy atom. The molecule has 0 atom stereocenters. The molecule has 4 heteroatoms. The molecule has 98 valence electrons. The van der Waals surface area contributed by atoms with Crippen molar-refractivity contribution in [1.82, 2.24) is 5.32 Å². The van der Waals surface area contributed by atoms with E-state index >= 15 is 0 Å². The zero-order valence-corrected chi connectivity index (χ0v) is 10.7. The lowest BCUT2D eigenvalue weighted by Gasteiger charge is -2.34. The van der Waals surface area contributed by atoms with Crippen LogP contribution < -0.4 is 11.1 Å². The Hall–Kier alpha value is -1.39. The maximum Gasteiger partial charge on any atom is 0.224 e. The minimum Gasteiger partial charge on any atom is -0.381 e. The Kier molecular flexibility index (Phi) is 4.33. The van der Waals surface area contributed by atoms with E-state index in [1.165, 1.54) is 0 Å². The number of nitrogens with two attached hydrogens (primary N) is 1. The third-order valence-corrected chi connectivity index (χ3v) is 3.48. The summed E-state index contributed by atoms with van der Waals surface area (Å²) in [4.78, 5) is 11.9. The van der Waals surface area contributed by atoms with E-state index in [1.807, 2.05) is 24.3 Å². The van der Waals surface area contributed by atoms with Crippen molar-refractivity contribution in [3.63, 3.8) is 0 Å². The van der Waals surface area contributed by atoms with Gasteiger partial charge in [0.15, 0.2) is 0 Å². The second-order valence-electron chi connectivity index (χ2n) is 4.74. The molecule has 2 rings (SSSR count). The number of hydrogen-bond acceptors (Lipinski definition) is 3. The Morgan fingerprint density at radius 3 is 2.67 bits per heavy atom. The molecular weight excluding hydrogens is 228 g/mol. The van der Waals surface area contributed by atoms with Crippen LogP contribution >= 0.6 is 0 Å². The van der Waals surface area contributed by atoms with Crippen LogP contribution in [-0.2, 0) is 22.5 Å². The number of nitrogens with one attached hydrogen (secondary N) is 1. The summed E-state index contributed by atoms with van der Waals surface area (Å²) in [6.45, 7) is 0.471. The molecule has 0 bridgehead atoms. The first kappa shape index (κ1) is 13.1. The quantitative estimate of drug-likeness (QED) is 0.816. The zero-order chi connectivity index (χ0) is 13.0. The first-order valence-corrected chi connectivity index (χ1v) is 6.32. The van der Waals surface area contributed by atoms with Crippen LogP contribution in [0.1, 0.15) is 24.0 Å². The van der Waals surface area contributed by atoms with E-state index in [-0.39, 0.29) is 11.9 Å². The summed E-state index contributed by atoms with van der Waals surface area (Å²) in [5.74, 6) is 0.0652. The molecule has 3 N–H and O–H groups in total. The minimum absolute atomic E-state index is 0.0652. The lowest BCUT2D eigenvalue weighted by atomic mass is 9.89. The average molecular weight is 248 g/mol. The van der Waals surface area contributed by atoms with Gasteiger partial charge in [-0.1, -0.05) is 24.3 Å². The van der Waals surface area contributed by atoms with Crippen LogP contribution in [0.25, 0.3) is 0 Å².